The summed E-state index contributed by atoms with van der Waals surface area (Å²) < 4.78 is 29.2. The lowest BCUT2D eigenvalue weighted by molar-refractivity contribution is -0.0718. The van der Waals surface area contributed by atoms with E-state index in [0.717, 1.165) is 5.75 Å². The minimum absolute atomic E-state index is 0.0532. The Morgan fingerprint density at radius 2 is 1.32 bits per heavy atom. The fourth-order valence-electron chi connectivity index (χ4n) is 3.39. The summed E-state index contributed by atoms with van der Waals surface area (Å²) in [4.78, 5) is 0. The first-order valence-electron chi connectivity index (χ1n) is 9.79. The Bertz CT molecular complexity index is 609. The zero-order valence-corrected chi connectivity index (χ0v) is 19.9. The fourth-order valence-corrected chi connectivity index (χ4v) is 4.68. The average molecular weight is 413 g/mol. The van der Waals surface area contributed by atoms with Crippen LogP contribution in [0.25, 0.3) is 0 Å². The van der Waals surface area contributed by atoms with Crippen molar-refractivity contribution in [2.75, 3.05) is 40.6 Å². The molecule has 0 spiro atoms. The van der Waals surface area contributed by atoms with E-state index in [2.05, 4.69) is 60.6 Å². The highest BCUT2D eigenvalue weighted by atomic mass is 31.2. The van der Waals surface area contributed by atoms with Crippen LogP contribution in [-0.4, -0.2) is 40.6 Å². The number of aryl methyl sites for hydroxylation is 1. The van der Waals surface area contributed by atoms with Crippen molar-refractivity contribution in [3.8, 4) is 5.75 Å². The van der Waals surface area contributed by atoms with Crippen molar-refractivity contribution in [1.82, 2.24) is 0 Å². The first-order valence-corrected chi connectivity index (χ1v) is 10.9. The monoisotopic (exact) mass is 412 g/mol. The quantitative estimate of drug-likeness (QED) is 0.576. The number of hydrogen-bond acceptors (Lipinski definition) is 5. The van der Waals surface area contributed by atoms with Gasteiger partial charge in [-0.25, -0.2) is 0 Å². The lowest BCUT2D eigenvalue weighted by Crippen LogP contribution is -2.43. The van der Waals surface area contributed by atoms with Gasteiger partial charge in [-0.15, -0.1) is 0 Å². The van der Waals surface area contributed by atoms with Gasteiger partial charge in [-0.1, -0.05) is 59.2 Å². The van der Waals surface area contributed by atoms with Gasteiger partial charge in [0.1, 0.15) is 5.75 Å². The van der Waals surface area contributed by atoms with Crippen molar-refractivity contribution in [3.63, 3.8) is 0 Å². The molecule has 1 aliphatic heterocycles. The molecule has 0 atom stereocenters. The molecule has 5 nitrogen and oxygen atoms in total. The van der Waals surface area contributed by atoms with E-state index in [1.165, 1.54) is 16.7 Å². The lowest BCUT2D eigenvalue weighted by atomic mass is 9.78. The maximum absolute atomic E-state index is 6.41. The summed E-state index contributed by atoms with van der Waals surface area (Å²) in [6.07, 6.45) is 0. The van der Waals surface area contributed by atoms with E-state index in [4.69, 9.17) is 23.0 Å². The van der Waals surface area contributed by atoms with Gasteiger partial charge in [-0.2, -0.15) is 0 Å². The van der Waals surface area contributed by atoms with Gasteiger partial charge in [0.2, 0.25) is 0 Å². The van der Waals surface area contributed by atoms with E-state index < -0.39 is 8.60 Å². The molecule has 6 heteroatoms. The minimum atomic E-state index is -1.48. The van der Waals surface area contributed by atoms with Crippen LogP contribution in [0.2, 0.25) is 0 Å². The maximum atomic E-state index is 6.41. The normalized spacial score (nSPS) is 18.3. The van der Waals surface area contributed by atoms with Crippen LogP contribution in [0, 0.1) is 12.3 Å². The molecule has 1 saturated heterocycles. The Labute approximate surface area is 172 Å². The van der Waals surface area contributed by atoms with Crippen molar-refractivity contribution >= 4 is 8.60 Å². The zero-order chi connectivity index (χ0) is 21.2. The van der Waals surface area contributed by atoms with Crippen LogP contribution in [0.1, 0.15) is 58.2 Å². The summed E-state index contributed by atoms with van der Waals surface area (Å²) in [5.74, 6) is 0.891. The van der Waals surface area contributed by atoms with E-state index in [0.29, 0.717) is 26.4 Å². The summed E-state index contributed by atoms with van der Waals surface area (Å²) in [6, 6.07) is 4.42. The topological polar surface area (TPSA) is 46.2 Å². The number of benzene rings is 1. The van der Waals surface area contributed by atoms with Crippen molar-refractivity contribution < 1.29 is 23.0 Å². The number of methoxy groups -OCH3 is 2. The third-order valence-corrected chi connectivity index (χ3v) is 5.88. The van der Waals surface area contributed by atoms with E-state index in [1.54, 1.807) is 14.2 Å². The lowest BCUT2D eigenvalue weighted by Gasteiger charge is -2.38. The van der Waals surface area contributed by atoms with E-state index in [9.17, 15) is 0 Å². The molecule has 160 valence electrons. The second kappa shape index (κ2) is 8.97. The highest BCUT2D eigenvalue weighted by molar-refractivity contribution is 7.42. The van der Waals surface area contributed by atoms with Gasteiger partial charge in [0.25, 0.3) is 0 Å². The van der Waals surface area contributed by atoms with Crippen LogP contribution in [0.15, 0.2) is 12.1 Å². The predicted molar refractivity (Wildman–Crippen MR) is 114 cm³/mol. The van der Waals surface area contributed by atoms with Gasteiger partial charge in [0.05, 0.1) is 31.8 Å². The Morgan fingerprint density at radius 1 is 0.893 bits per heavy atom. The molecule has 0 amide bonds. The van der Waals surface area contributed by atoms with Crippen molar-refractivity contribution in [3.05, 3.63) is 28.8 Å². The summed E-state index contributed by atoms with van der Waals surface area (Å²) in [6.45, 7) is 17.4. The molecule has 1 aromatic carbocycles. The van der Waals surface area contributed by atoms with Crippen LogP contribution >= 0.6 is 8.60 Å². The van der Waals surface area contributed by atoms with E-state index in [1.807, 2.05) is 0 Å². The molecule has 1 heterocycles. The molecule has 0 bridgehead atoms. The highest BCUT2D eigenvalue weighted by Crippen LogP contribution is 2.51. The van der Waals surface area contributed by atoms with Crippen molar-refractivity contribution in [2.45, 2.75) is 59.3 Å². The molecule has 28 heavy (non-hydrogen) atoms. The SMILES string of the molecule is COCC1(COC)COP(Oc2c(C(C)(C)C)cc(C)cc2C(C)(C)C)OC1. The molecule has 0 saturated carbocycles. The summed E-state index contributed by atoms with van der Waals surface area (Å²) in [5.41, 5.74) is 3.19. The van der Waals surface area contributed by atoms with Crippen LogP contribution < -0.4 is 4.52 Å². The average Bonchev–Trinajstić information content (AvgIpc) is 2.57. The van der Waals surface area contributed by atoms with Gasteiger partial charge in [-0.05, 0) is 17.8 Å². The standard InChI is InChI=1S/C22H37O5P/c1-16-10-17(20(2,3)4)19(18(11-16)21(5,6)7)27-28-25-14-22(12-23-8,13-24-9)15-26-28/h10-11H,12-15H2,1-9H3. The van der Waals surface area contributed by atoms with E-state index in [-0.39, 0.29) is 16.2 Å². The molecule has 0 radical (unpaired) electrons. The first kappa shape index (κ1) is 23.6. The van der Waals surface area contributed by atoms with Crippen LogP contribution in [-0.2, 0) is 29.4 Å². The van der Waals surface area contributed by atoms with Crippen LogP contribution in [0.4, 0.5) is 0 Å². The van der Waals surface area contributed by atoms with E-state index >= 15 is 0 Å². The molecular formula is C22H37O5P. The summed E-state index contributed by atoms with van der Waals surface area (Å²) in [5, 5.41) is 0. The van der Waals surface area contributed by atoms with Gasteiger partial charge in [0.15, 0.2) is 0 Å². The maximum Gasteiger partial charge on any atom is 0.397 e. The molecule has 1 aliphatic rings. The van der Waals surface area contributed by atoms with Gasteiger partial charge < -0.3 is 23.0 Å². The molecular weight excluding hydrogens is 375 g/mol. The molecule has 0 aliphatic carbocycles. The van der Waals surface area contributed by atoms with Gasteiger partial charge in [-0.3, -0.25) is 0 Å². The Balaban J connectivity index is 2.31. The first-order chi connectivity index (χ1) is 12.9. The fraction of sp³-hybridized carbons (Fsp3) is 0.727. The molecule has 1 fully saturated rings. The largest absolute Gasteiger partial charge is 0.426 e. The molecule has 1 aromatic rings. The molecule has 0 N–H and O–H groups in total. The van der Waals surface area contributed by atoms with Crippen LogP contribution in [0.5, 0.6) is 5.75 Å². The van der Waals surface area contributed by atoms with Crippen molar-refractivity contribution in [2.24, 2.45) is 5.41 Å². The van der Waals surface area contributed by atoms with Crippen molar-refractivity contribution in [1.29, 1.82) is 0 Å². The second-order valence-electron chi connectivity index (χ2n) is 9.92. The Kier molecular flexibility index (Phi) is 7.55. The third-order valence-electron chi connectivity index (χ3n) is 4.87. The van der Waals surface area contributed by atoms with Gasteiger partial charge >= 0.3 is 8.60 Å². The number of rotatable bonds is 6. The zero-order valence-electron chi connectivity index (χ0n) is 19.0. The number of hydrogen-bond donors (Lipinski definition) is 0. The number of ether oxygens (including phenoxy) is 2. The Hall–Kier alpha value is -0.710. The van der Waals surface area contributed by atoms with Crippen LogP contribution in [0.3, 0.4) is 0 Å². The second-order valence-corrected chi connectivity index (χ2v) is 11.1. The minimum Gasteiger partial charge on any atom is -0.426 e. The Morgan fingerprint density at radius 3 is 1.68 bits per heavy atom. The summed E-state index contributed by atoms with van der Waals surface area (Å²) in [7, 11) is 1.89. The molecule has 2 rings (SSSR count). The predicted octanol–water partition coefficient (Wildman–Crippen LogP) is 5.52. The highest BCUT2D eigenvalue weighted by Gasteiger charge is 2.40. The summed E-state index contributed by atoms with van der Waals surface area (Å²) >= 11 is 0. The smallest absolute Gasteiger partial charge is 0.397 e. The van der Waals surface area contributed by atoms with Gasteiger partial charge in [0, 0.05) is 25.3 Å². The molecule has 0 unspecified atom stereocenters. The third kappa shape index (κ3) is 5.67. The molecule has 0 aromatic heterocycles.